The molecule has 1 amide bonds. The zero-order valence-corrected chi connectivity index (χ0v) is 24.4. The highest BCUT2D eigenvalue weighted by Gasteiger charge is 2.27. The van der Waals surface area contributed by atoms with Crippen LogP contribution in [0.5, 0.6) is 28.7 Å². The maximum absolute atomic E-state index is 12.8. The molecule has 0 aromatic heterocycles. The van der Waals surface area contributed by atoms with Gasteiger partial charge in [0.05, 0.1) is 27.0 Å². The summed E-state index contributed by atoms with van der Waals surface area (Å²) >= 11 is 0. The lowest BCUT2D eigenvalue weighted by Crippen LogP contribution is -2.33. The molecule has 0 spiro atoms. The molecule has 7 nitrogen and oxygen atoms in total. The Bertz CT molecular complexity index is 1540. The van der Waals surface area contributed by atoms with E-state index in [1.807, 2.05) is 91.0 Å². The van der Waals surface area contributed by atoms with Crippen molar-refractivity contribution in [3.05, 3.63) is 113 Å². The molecule has 4 aromatic rings. The van der Waals surface area contributed by atoms with E-state index in [9.17, 15) is 4.79 Å². The van der Waals surface area contributed by atoms with Gasteiger partial charge in [-0.1, -0.05) is 60.7 Å². The first-order valence-electron chi connectivity index (χ1n) is 13.8. The molecule has 216 valence electrons. The molecule has 0 saturated heterocycles. The predicted molar refractivity (Wildman–Crippen MR) is 163 cm³/mol. The third kappa shape index (κ3) is 6.36. The summed E-state index contributed by atoms with van der Waals surface area (Å²) in [4.78, 5) is 14.6. The molecule has 0 atom stereocenters. The van der Waals surface area contributed by atoms with Crippen molar-refractivity contribution in [1.29, 1.82) is 0 Å². The van der Waals surface area contributed by atoms with Gasteiger partial charge in [-0.2, -0.15) is 0 Å². The lowest BCUT2D eigenvalue weighted by atomic mass is 9.94. The minimum absolute atomic E-state index is 0.0458. The summed E-state index contributed by atoms with van der Waals surface area (Å²) in [5.41, 5.74) is 5.64. The maximum Gasteiger partial charge on any atom is 0.223 e. The number of rotatable bonds is 10. The van der Waals surface area contributed by atoms with Crippen LogP contribution < -0.4 is 23.7 Å². The van der Waals surface area contributed by atoms with Gasteiger partial charge < -0.3 is 28.6 Å². The maximum atomic E-state index is 12.8. The lowest BCUT2D eigenvalue weighted by molar-refractivity contribution is -0.125. The highest BCUT2D eigenvalue weighted by atomic mass is 16.5. The first-order valence-corrected chi connectivity index (χ1v) is 13.8. The van der Waals surface area contributed by atoms with Crippen molar-refractivity contribution in [2.75, 3.05) is 27.9 Å². The van der Waals surface area contributed by atoms with Crippen molar-refractivity contribution in [2.24, 2.45) is 0 Å². The number of amides is 1. The van der Waals surface area contributed by atoms with Crippen molar-refractivity contribution in [2.45, 2.75) is 26.6 Å². The van der Waals surface area contributed by atoms with Crippen LogP contribution in [0.2, 0.25) is 0 Å². The van der Waals surface area contributed by atoms with E-state index in [0.29, 0.717) is 54.9 Å². The summed E-state index contributed by atoms with van der Waals surface area (Å²) in [7, 11) is 4.74. The summed E-state index contributed by atoms with van der Waals surface area (Å²) in [5.74, 6) is 2.80. The van der Waals surface area contributed by atoms with Crippen LogP contribution in [0.3, 0.4) is 0 Å². The van der Waals surface area contributed by atoms with Crippen molar-refractivity contribution in [3.63, 3.8) is 0 Å². The Morgan fingerprint density at radius 3 is 1.79 bits per heavy atom. The zero-order valence-electron chi connectivity index (χ0n) is 24.4. The van der Waals surface area contributed by atoms with Crippen LogP contribution in [-0.2, 0) is 24.4 Å². The van der Waals surface area contributed by atoms with E-state index in [0.717, 1.165) is 33.5 Å². The van der Waals surface area contributed by atoms with Gasteiger partial charge in [-0.25, -0.2) is 0 Å². The second-order valence-corrected chi connectivity index (χ2v) is 9.91. The Morgan fingerprint density at radius 2 is 1.29 bits per heavy atom. The van der Waals surface area contributed by atoms with E-state index in [2.05, 4.69) is 0 Å². The van der Waals surface area contributed by atoms with Crippen LogP contribution in [0, 0.1) is 0 Å². The summed E-state index contributed by atoms with van der Waals surface area (Å²) in [6.07, 6.45) is 2.65. The van der Waals surface area contributed by atoms with E-state index in [1.54, 1.807) is 33.2 Å². The largest absolute Gasteiger partial charge is 0.493 e. The number of methoxy groups -OCH3 is 3. The van der Waals surface area contributed by atoms with Crippen molar-refractivity contribution in [3.8, 4) is 28.7 Å². The smallest absolute Gasteiger partial charge is 0.223 e. The summed E-state index contributed by atoms with van der Waals surface area (Å²) in [5, 5.41) is 0. The van der Waals surface area contributed by atoms with E-state index >= 15 is 0 Å². The van der Waals surface area contributed by atoms with E-state index < -0.39 is 0 Å². The average molecular weight is 566 g/mol. The summed E-state index contributed by atoms with van der Waals surface area (Å²) in [6.45, 7) is 2.91. The Kier molecular flexibility index (Phi) is 8.97. The Hall–Kier alpha value is -4.91. The standard InChI is InChI=1S/C35H35NO6/c1-24(37)36-16-15-28-20-31(41-22-25-11-7-5-8-12-25)32(42-23-26-13-9-6-10-14-26)21-29(28)30(36)17-27-18-33(38-2)35(40-4)34(19-27)39-3/h5-14,17-21H,15-16,22-23H2,1-4H3. The molecule has 7 heteroatoms. The molecule has 1 aliphatic rings. The Balaban J connectivity index is 1.59. The van der Waals surface area contributed by atoms with Crippen LogP contribution >= 0.6 is 0 Å². The SMILES string of the molecule is COc1cc(C=C2c3cc(OCc4ccccc4)c(OCc4ccccc4)cc3CCN2C(C)=O)cc(OC)c1OC. The van der Waals surface area contributed by atoms with Gasteiger partial charge in [-0.3, -0.25) is 4.79 Å². The molecular formula is C35H35NO6. The van der Waals surface area contributed by atoms with E-state index in [1.165, 1.54) is 0 Å². The van der Waals surface area contributed by atoms with Crippen molar-refractivity contribution < 1.29 is 28.5 Å². The number of nitrogens with zero attached hydrogens (tertiary/aromatic N) is 1. The molecule has 0 radical (unpaired) electrons. The van der Waals surface area contributed by atoms with Gasteiger partial charge >= 0.3 is 0 Å². The number of fused-ring (bicyclic) bond motifs is 1. The third-order valence-corrected chi connectivity index (χ3v) is 7.19. The van der Waals surface area contributed by atoms with Crippen LogP contribution in [0.1, 0.15) is 34.7 Å². The molecule has 1 heterocycles. The molecule has 5 rings (SSSR count). The third-order valence-electron chi connectivity index (χ3n) is 7.19. The highest BCUT2D eigenvalue weighted by Crippen LogP contribution is 2.42. The fourth-order valence-corrected chi connectivity index (χ4v) is 5.07. The van der Waals surface area contributed by atoms with Gasteiger partial charge in [0, 0.05) is 19.0 Å². The lowest BCUT2D eigenvalue weighted by Gasteiger charge is -2.32. The minimum atomic E-state index is -0.0458. The first-order chi connectivity index (χ1) is 20.5. The first kappa shape index (κ1) is 28.6. The predicted octanol–water partition coefficient (Wildman–Crippen LogP) is 6.77. The average Bonchev–Trinajstić information content (AvgIpc) is 3.03. The second kappa shape index (κ2) is 13.2. The Labute approximate surface area is 246 Å². The van der Waals surface area contributed by atoms with Gasteiger partial charge in [0.15, 0.2) is 23.0 Å². The highest BCUT2D eigenvalue weighted by molar-refractivity contribution is 5.94. The van der Waals surface area contributed by atoms with E-state index in [-0.39, 0.29) is 5.91 Å². The quantitative estimate of drug-likeness (QED) is 0.211. The zero-order chi connectivity index (χ0) is 29.5. The molecule has 4 aromatic carbocycles. The van der Waals surface area contributed by atoms with Gasteiger partial charge in [-0.05, 0) is 59.0 Å². The molecule has 0 saturated carbocycles. The fraction of sp³-hybridized carbons (Fsp3) is 0.229. The topological polar surface area (TPSA) is 66.5 Å². The molecule has 0 bridgehead atoms. The molecule has 0 aliphatic carbocycles. The van der Waals surface area contributed by atoms with Crippen LogP contribution in [-0.4, -0.2) is 38.7 Å². The summed E-state index contributed by atoms with van der Waals surface area (Å²) < 4.78 is 29.3. The number of carbonyl (C=O) groups excluding carboxylic acids is 1. The number of hydrogen-bond acceptors (Lipinski definition) is 6. The van der Waals surface area contributed by atoms with Gasteiger partial charge in [0.25, 0.3) is 0 Å². The molecule has 1 aliphatic heterocycles. The fourth-order valence-electron chi connectivity index (χ4n) is 5.07. The summed E-state index contributed by atoms with van der Waals surface area (Å²) in [6, 6.07) is 27.8. The monoisotopic (exact) mass is 565 g/mol. The molecule has 0 N–H and O–H groups in total. The van der Waals surface area contributed by atoms with Crippen molar-refractivity contribution in [1.82, 2.24) is 4.90 Å². The minimum Gasteiger partial charge on any atom is -0.493 e. The van der Waals surface area contributed by atoms with Crippen LogP contribution in [0.25, 0.3) is 11.8 Å². The van der Waals surface area contributed by atoms with Gasteiger partial charge in [-0.15, -0.1) is 0 Å². The Morgan fingerprint density at radius 1 is 0.738 bits per heavy atom. The number of ether oxygens (including phenoxy) is 5. The van der Waals surface area contributed by atoms with E-state index in [4.69, 9.17) is 23.7 Å². The normalized spacial score (nSPS) is 13.3. The molecule has 0 fully saturated rings. The van der Waals surface area contributed by atoms with Crippen molar-refractivity contribution >= 4 is 17.7 Å². The van der Waals surface area contributed by atoms with Crippen LogP contribution in [0.15, 0.2) is 84.9 Å². The second-order valence-electron chi connectivity index (χ2n) is 9.91. The van der Waals surface area contributed by atoms with Gasteiger partial charge in [0.2, 0.25) is 11.7 Å². The number of benzene rings is 4. The number of carbonyl (C=O) groups is 1. The molecule has 42 heavy (non-hydrogen) atoms. The van der Waals surface area contributed by atoms with Crippen LogP contribution in [0.4, 0.5) is 0 Å². The molecular weight excluding hydrogens is 530 g/mol. The van der Waals surface area contributed by atoms with Gasteiger partial charge in [0.1, 0.15) is 13.2 Å². The number of hydrogen-bond donors (Lipinski definition) is 0. The molecule has 0 unspecified atom stereocenters.